The van der Waals surface area contributed by atoms with Crippen molar-refractivity contribution in [3.63, 3.8) is 0 Å². The lowest BCUT2D eigenvalue weighted by molar-refractivity contribution is 0.624. The van der Waals surface area contributed by atoms with Crippen LogP contribution in [0.5, 0.6) is 0 Å². The topological polar surface area (TPSA) is 35.8 Å². The molecule has 0 aliphatic heterocycles. The minimum absolute atomic E-state index is 0.0154. The Balaban J connectivity index is 1.98. The van der Waals surface area contributed by atoms with Crippen molar-refractivity contribution >= 4 is 5.69 Å². The summed E-state index contributed by atoms with van der Waals surface area (Å²) in [7, 11) is 0. The van der Waals surface area contributed by atoms with Crippen LogP contribution < -0.4 is 5.32 Å². The van der Waals surface area contributed by atoms with E-state index in [9.17, 15) is 8.78 Å². The van der Waals surface area contributed by atoms with Gasteiger partial charge in [0.1, 0.15) is 23.3 Å². The zero-order chi connectivity index (χ0) is 13.7. The van der Waals surface area contributed by atoms with E-state index in [1.54, 1.807) is 24.3 Å². The van der Waals surface area contributed by atoms with E-state index in [1.807, 2.05) is 6.07 Å². The third-order valence-electron chi connectivity index (χ3n) is 2.77. The van der Waals surface area contributed by atoms with Crippen LogP contribution in [-0.4, -0.2) is 6.54 Å². The molecule has 0 saturated heterocycles. The average molecular weight is 258 g/mol. The first kappa shape index (κ1) is 13.0. The molecule has 0 unspecified atom stereocenters. The molecule has 96 valence electrons. The molecular formula is C15H12F2N2. The second-order valence-corrected chi connectivity index (χ2v) is 4.08. The molecule has 0 heterocycles. The fourth-order valence-electron chi connectivity index (χ4n) is 1.78. The zero-order valence-corrected chi connectivity index (χ0v) is 10.2. The second kappa shape index (κ2) is 5.96. The van der Waals surface area contributed by atoms with Gasteiger partial charge in [0.15, 0.2) is 0 Å². The minimum Gasteiger partial charge on any atom is -0.384 e. The molecule has 2 aromatic carbocycles. The van der Waals surface area contributed by atoms with E-state index in [0.29, 0.717) is 18.7 Å². The third-order valence-corrected chi connectivity index (χ3v) is 2.77. The van der Waals surface area contributed by atoms with Gasteiger partial charge in [0.05, 0.1) is 5.69 Å². The predicted octanol–water partition coefficient (Wildman–Crippen LogP) is 3.49. The highest BCUT2D eigenvalue weighted by molar-refractivity contribution is 5.57. The summed E-state index contributed by atoms with van der Waals surface area (Å²) in [5.41, 5.74) is 1.47. The normalized spacial score (nSPS) is 9.95. The molecule has 0 amide bonds. The Morgan fingerprint density at radius 1 is 1.05 bits per heavy atom. The predicted molar refractivity (Wildman–Crippen MR) is 69.7 cm³/mol. The first-order valence-corrected chi connectivity index (χ1v) is 5.87. The first-order chi connectivity index (χ1) is 9.20. The van der Waals surface area contributed by atoms with E-state index >= 15 is 0 Å². The van der Waals surface area contributed by atoms with Gasteiger partial charge in [-0.15, -0.1) is 0 Å². The number of nitrogens with one attached hydrogen (secondary N) is 1. The van der Waals surface area contributed by atoms with Crippen LogP contribution in [-0.2, 0) is 6.42 Å². The fourth-order valence-corrected chi connectivity index (χ4v) is 1.78. The molecule has 0 aliphatic carbocycles. The Labute approximate surface area is 110 Å². The molecule has 0 bridgehead atoms. The molecule has 0 saturated carbocycles. The maximum absolute atomic E-state index is 13.3. The summed E-state index contributed by atoms with van der Waals surface area (Å²) in [4.78, 5) is 0. The molecule has 2 rings (SSSR count). The van der Waals surface area contributed by atoms with Gasteiger partial charge >= 0.3 is 0 Å². The van der Waals surface area contributed by atoms with E-state index in [4.69, 9.17) is 5.26 Å². The highest BCUT2D eigenvalue weighted by Crippen LogP contribution is 2.17. The maximum Gasteiger partial charge on any atom is 0.143 e. The number of nitriles is 1. The van der Waals surface area contributed by atoms with Crippen molar-refractivity contribution in [3.8, 4) is 6.07 Å². The highest BCUT2D eigenvalue weighted by Gasteiger charge is 2.06. The molecule has 0 aliphatic rings. The molecule has 1 N–H and O–H groups in total. The van der Waals surface area contributed by atoms with Crippen molar-refractivity contribution < 1.29 is 8.78 Å². The van der Waals surface area contributed by atoms with Crippen LogP contribution in [0.1, 0.15) is 11.1 Å². The number of halogens is 2. The van der Waals surface area contributed by atoms with Gasteiger partial charge in [-0.05, 0) is 36.2 Å². The van der Waals surface area contributed by atoms with Crippen LogP contribution in [0.25, 0.3) is 0 Å². The van der Waals surface area contributed by atoms with Gasteiger partial charge in [0, 0.05) is 6.54 Å². The SMILES string of the molecule is N#Cc1c(F)cccc1NCCc1ccc(F)cc1. The Bertz CT molecular complexity index is 601. The summed E-state index contributed by atoms with van der Waals surface area (Å²) >= 11 is 0. The Morgan fingerprint density at radius 2 is 1.79 bits per heavy atom. The minimum atomic E-state index is -0.533. The van der Waals surface area contributed by atoms with Crippen LogP contribution in [0.3, 0.4) is 0 Å². The van der Waals surface area contributed by atoms with Crippen molar-refractivity contribution in [3.05, 3.63) is 65.2 Å². The Hall–Kier alpha value is -2.41. The molecule has 2 aromatic rings. The number of nitrogens with zero attached hydrogens (tertiary/aromatic N) is 1. The van der Waals surface area contributed by atoms with E-state index in [0.717, 1.165) is 5.56 Å². The summed E-state index contributed by atoms with van der Waals surface area (Å²) in [6.45, 7) is 0.545. The molecule has 0 spiro atoms. The molecular weight excluding hydrogens is 246 g/mol. The van der Waals surface area contributed by atoms with Crippen LogP contribution in [0, 0.1) is 23.0 Å². The second-order valence-electron chi connectivity index (χ2n) is 4.08. The summed E-state index contributed by atoms with van der Waals surface area (Å²) in [5.74, 6) is -0.803. The number of benzene rings is 2. The zero-order valence-electron chi connectivity index (χ0n) is 10.2. The van der Waals surface area contributed by atoms with Crippen molar-refractivity contribution in [2.45, 2.75) is 6.42 Å². The molecule has 2 nitrogen and oxygen atoms in total. The number of hydrogen-bond donors (Lipinski definition) is 1. The maximum atomic E-state index is 13.3. The lowest BCUT2D eigenvalue weighted by Gasteiger charge is -2.08. The lowest BCUT2D eigenvalue weighted by atomic mass is 10.1. The summed E-state index contributed by atoms with van der Waals surface area (Å²) in [5, 5.41) is 11.9. The molecule has 0 atom stereocenters. The standard InChI is InChI=1S/C15H12F2N2/c16-12-6-4-11(5-7-12)8-9-19-15-3-1-2-14(17)13(15)10-18/h1-7,19H,8-9H2. The van der Waals surface area contributed by atoms with Gasteiger partial charge in [-0.25, -0.2) is 8.78 Å². The van der Waals surface area contributed by atoms with Gasteiger partial charge in [-0.2, -0.15) is 5.26 Å². The molecule has 0 fully saturated rings. The van der Waals surface area contributed by atoms with Crippen LogP contribution in [0.4, 0.5) is 14.5 Å². The van der Waals surface area contributed by atoms with Gasteiger partial charge in [-0.1, -0.05) is 18.2 Å². The quantitative estimate of drug-likeness (QED) is 0.911. The lowest BCUT2D eigenvalue weighted by Crippen LogP contribution is -2.07. The highest BCUT2D eigenvalue weighted by atomic mass is 19.1. The monoisotopic (exact) mass is 258 g/mol. The smallest absolute Gasteiger partial charge is 0.143 e. The Morgan fingerprint density at radius 3 is 2.47 bits per heavy atom. The average Bonchev–Trinajstić information content (AvgIpc) is 2.41. The van der Waals surface area contributed by atoms with E-state index in [1.165, 1.54) is 18.2 Å². The van der Waals surface area contributed by atoms with Gasteiger partial charge < -0.3 is 5.32 Å². The van der Waals surface area contributed by atoms with Crippen molar-refractivity contribution in [1.29, 1.82) is 5.26 Å². The van der Waals surface area contributed by atoms with Crippen LogP contribution >= 0.6 is 0 Å². The molecule has 0 aromatic heterocycles. The number of rotatable bonds is 4. The van der Waals surface area contributed by atoms with Crippen LogP contribution in [0.2, 0.25) is 0 Å². The van der Waals surface area contributed by atoms with Crippen molar-refractivity contribution in [2.24, 2.45) is 0 Å². The van der Waals surface area contributed by atoms with Gasteiger partial charge in [0.2, 0.25) is 0 Å². The Kier molecular flexibility index (Phi) is 4.09. The summed E-state index contributed by atoms with van der Waals surface area (Å²) in [6, 6.07) is 12.5. The van der Waals surface area contributed by atoms with Gasteiger partial charge in [0.25, 0.3) is 0 Å². The summed E-state index contributed by atoms with van der Waals surface area (Å²) in [6.07, 6.45) is 0.668. The number of anilines is 1. The van der Waals surface area contributed by atoms with Crippen molar-refractivity contribution in [1.82, 2.24) is 0 Å². The molecule has 4 heteroatoms. The van der Waals surface area contributed by atoms with Gasteiger partial charge in [-0.3, -0.25) is 0 Å². The largest absolute Gasteiger partial charge is 0.384 e. The van der Waals surface area contributed by atoms with E-state index in [2.05, 4.69) is 5.32 Å². The van der Waals surface area contributed by atoms with E-state index < -0.39 is 5.82 Å². The first-order valence-electron chi connectivity index (χ1n) is 5.87. The summed E-state index contributed by atoms with van der Waals surface area (Å²) < 4.78 is 26.1. The van der Waals surface area contributed by atoms with Crippen LogP contribution in [0.15, 0.2) is 42.5 Å². The molecule has 0 radical (unpaired) electrons. The van der Waals surface area contributed by atoms with E-state index in [-0.39, 0.29) is 11.4 Å². The number of hydrogen-bond acceptors (Lipinski definition) is 2. The fraction of sp³-hybridized carbons (Fsp3) is 0.133. The molecule has 19 heavy (non-hydrogen) atoms. The van der Waals surface area contributed by atoms with Crippen molar-refractivity contribution in [2.75, 3.05) is 11.9 Å². The third kappa shape index (κ3) is 3.29.